The maximum atomic E-state index is 12.6. The first-order chi connectivity index (χ1) is 15.1. The first kappa shape index (κ1) is 23.6. The second-order valence-electron chi connectivity index (χ2n) is 9.22. The normalized spacial score (nSPS) is 12.0. The van der Waals surface area contributed by atoms with Crippen LogP contribution in [0.3, 0.4) is 0 Å². The molecule has 0 radical (unpaired) electrons. The zero-order valence-corrected chi connectivity index (χ0v) is 21.7. The fraction of sp³-hybridized carbons (Fsp3) is 0.185. The van der Waals surface area contributed by atoms with E-state index in [-0.39, 0.29) is 5.91 Å². The number of rotatable bonds is 7. The van der Waals surface area contributed by atoms with Gasteiger partial charge in [-0.2, -0.15) is 10.1 Å². The van der Waals surface area contributed by atoms with Crippen molar-refractivity contribution in [2.45, 2.75) is 33.1 Å². The van der Waals surface area contributed by atoms with E-state index in [1.165, 1.54) is 15.4 Å². The highest BCUT2D eigenvalue weighted by Crippen LogP contribution is 2.20. The van der Waals surface area contributed by atoms with Crippen molar-refractivity contribution in [1.82, 2.24) is 0 Å². The van der Waals surface area contributed by atoms with Crippen LogP contribution >= 0.6 is 0 Å². The van der Waals surface area contributed by atoms with Crippen LogP contribution < -0.4 is 15.4 Å². The quantitative estimate of drug-likeness (QED) is 0.207. The molecule has 0 aliphatic carbocycles. The molecule has 0 aromatic heterocycles. The molecule has 3 rings (SSSR count). The lowest BCUT2D eigenvalue weighted by molar-refractivity contribution is -0.115. The number of anilines is 1. The Morgan fingerprint density at radius 3 is 1.75 bits per heavy atom. The van der Waals surface area contributed by atoms with Gasteiger partial charge in [-0.25, -0.2) is 0 Å². The predicted octanol–water partition coefficient (Wildman–Crippen LogP) is 5.24. The minimum absolute atomic E-state index is 0.215. The third kappa shape index (κ3) is 4.89. The Hall–Kier alpha value is -3.03. The highest BCUT2D eigenvalue weighted by Gasteiger charge is 2.43. The molecule has 0 fully saturated rings. The maximum absolute atomic E-state index is 12.6. The van der Waals surface area contributed by atoms with Gasteiger partial charge in [0.15, 0.2) is 0 Å². The Bertz CT molecular complexity index is 1110. The van der Waals surface area contributed by atoms with Crippen molar-refractivity contribution < 1.29 is 4.79 Å². The van der Waals surface area contributed by atoms with Gasteiger partial charge in [-0.1, -0.05) is 116 Å². The molecule has 0 heterocycles. The number of benzene rings is 3. The Morgan fingerprint density at radius 1 is 0.781 bits per heavy atom. The number of hydrogen-bond donors (Lipinski definition) is 0. The molecule has 5 heteroatoms. The van der Waals surface area contributed by atoms with Crippen molar-refractivity contribution >= 4 is 43.4 Å². The Labute approximate surface area is 193 Å². The molecule has 164 valence electrons. The zero-order chi connectivity index (χ0) is 23.4. The fourth-order valence-electron chi connectivity index (χ4n) is 3.67. The lowest BCUT2D eigenvalue weighted by atomic mass is 10.2. The van der Waals surface area contributed by atoms with E-state index in [4.69, 9.17) is 0 Å². The van der Waals surface area contributed by atoms with Crippen molar-refractivity contribution in [2.75, 3.05) is 5.01 Å². The SMILES string of the molecule is C=C(C)C(=O)N(/N=C\c1ccc([Si](C)(C)[Si](C)(C)c2ccccc2)cc1)c1ccccc1. The third-order valence-electron chi connectivity index (χ3n) is 6.57. The average Bonchev–Trinajstić information content (AvgIpc) is 2.80. The fourth-order valence-corrected chi connectivity index (χ4v) is 12.5. The van der Waals surface area contributed by atoms with E-state index in [0.717, 1.165) is 11.3 Å². The van der Waals surface area contributed by atoms with Gasteiger partial charge < -0.3 is 0 Å². The Kier molecular flexibility index (Phi) is 7.11. The number of amides is 1. The van der Waals surface area contributed by atoms with Gasteiger partial charge in [0.2, 0.25) is 0 Å². The summed E-state index contributed by atoms with van der Waals surface area (Å²) >= 11 is 0. The summed E-state index contributed by atoms with van der Waals surface area (Å²) in [6.07, 6.45) is 1.74. The van der Waals surface area contributed by atoms with Crippen molar-refractivity contribution in [3.8, 4) is 0 Å². The van der Waals surface area contributed by atoms with Gasteiger partial charge in [-0.15, -0.1) is 0 Å². The van der Waals surface area contributed by atoms with Crippen LogP contribution in [0.15, 0.2) is 102 Å². The molecule has 3 nitrogen and oxygen atoms in total. The lowest BCUT2D eigenvalue weighted by Gasteiger charge is -2.39. The van der Waals surface area contributed by atoms with Gasteiger partial charge in [0, 0.05) is 5.57 Å². The molecule has 0 bridgehead atoms. The van der Waals surface area contributed by atoms with E-state index >= 15 is 0 Å². The van der Waals surface area contributed by atoms with Gasteiger partial charge in [0.05, 0.1) is 27.1 Å². The molecule has 3 aromatic carbocycles. The summed E-state index contributed by atoms with van der Waals surface area (Å²) in [4.78, 5) is 12.6. The van der Waals surface area contributed by atoms with Crippen LogP contribution in [0, 0.1) is 0 Å². The van der Waals surface area contributed by atoms with E-state index in [1.807, 2.05) is 30.3 Å². The first-order valence-corrected chi connectivity index (χ1v) is 17.9. The van der Waals surface area contributed by atoms with Crippen LogP contribution in [0.25, 0.3) is 0 Å². The summed E-state index contributed by atoms with van der Waals surface area (Å²) < 4.78 is 0. The number of nitrogens with zero attached hydrogens (tertiary/aromatic N) is 2. The number of hydrazone groups is 1. The molecule has 0 saturated heterocycles. The highest BCUT2D eigenvalue weighted by molar-refractivity contribution is 7.49. The van der Waals surface area contributed by atoms with Crippen LogP contribution in [0.1, 0.15) is 12.5 Å². The molecule has 0 atom stereocenters. The summed E-state index contributed by atoms with van der Waals surface area (Å²) in [6.45, 7) is 15.4. The first-order valence-electron chi connectivity index (χ1n) is 10.9. The van der Waals surface area contributed by atoms with E-state index in [1.54, 1.807) is 13.1 Å². The highest BCUT2D eigenvalue weighted by atomic mass is 29.3. The molecule has 32 heavy (non-hydrogen) atoms. The Morgan fingerprint density at radius 2 is 1.25 bits per heavy atom. The third-order valence-corrected chi connectivity index (χ3v) is 24.4. The van der Waals surface area contributed by atoms with E-state index in [2.05, 4.69) is 92.5 Å². The van der Waals surface area contributed by atoms with E-state index in [9.17, 15) is 4.79 Å². The minimum Gasteiger partial charge on any atom is -0.267 e. The number of carbonyl (C=O) groups excluding carboxylic acids is 1. The van der Waals surface area contributed by atoms with Crippen LogP contribution in [-0.4, -0.2) is 27.3 Å². The molecule has 1 amide bonds. The molecular formula is C27H32N2OSi2. The summed E-state index contributed by atoms with van der Waals surface area (Å²) in [6, 6.07) is 29.1. The molecule has 0 N–H and O–H groups in total. The molecule has 0 aliphatic heterocycles. The summed E-state index contributed by atoms with van der Waals surface area (Å²) in [5.41, 5.74) is 2.13. The largest absolute Gasteiger partial charge is 0.273 e. The maximum Gasteiger partial charge on any atom is 0.273 e. The van der Waals surface area contributed by atoms with Gasteiger partial charge in [-0.05, 0) is 24.6 Å². The minimum atomic E-state index is -1.68. The van der Waals surface area contributed by atoms with E-state index < -0.39 is 15.2 Å². The number of carbonyl (C=O) groups is 1. The summed E-state index contributed by atoms with van der Waals surface area (Å²) in [5.74, 6) is -0.215. The van der Waals surface area contributed by atoms with Crippen LogP contribution in [-0.2, 0) is 4.79 Å². The molecular weight excluding hydrogens is 424 g/mol. The van der Waals surface area contributed by atoms with Crippen LogP contribution in [0.5, 0.6) is 0 Å². The smallest absolute Gasteiger partial charge is 0.267 e. The van der Waals surface area contributed by atoms with Gasteiger partial charge in [0.25, 0.3) is 5.91 Å². The molecule has 0 unspecified atom stereocenters. The number of para-hydroxylation sites is 1. The molecule has 0 spiro atoms. The van der Waals surface area contributed by atoms with Crippen molar-refractivity contribution in [3.63, 3.8) is 0 Å². The number of hydrogen-bond acceptors (Lipinski definition) is 2. The zero-order valence-electron chi connectivity index (χ0n) is 19.7. The van der Waals surface area contributed by atoms with Crippen LogP contribution in [0.2, 0.25) is 26.2 Å². The van der Waals surface area contributed by atoms with Gasteiger partial charge in [0.1, 0.15) is 0 Å². The predicted molar refractivity (Wildman–Crippen MR) is 143 cm³/mol. The monoisotopic (exact) mass is 456 g/mol. The van der Waals surface area contributed by atoms with E-state index in [0.29, 0.717) is 5.57 Å². The van der Waals surface area contributed by atoms with Gasteiger partial charge >= 0.3 is 0 Å². The lowest BCUT2D eigenvalue weighted by Crippen LogP contribution is -2.69. The molecule has 0 saturated carbocycles. The van der Waals surface area contributed by atoms with Gasteiger partial charge in [-0.3, -0.25) is 4.79 Å². The summed E-state index contributed by atoms with van der Waals surface area (Å²) in [7, 11) is -3.31. The van der Waals surface area contributed by atoms with Crippen molar-refractivity contribution in [3.05, 3.63) is 103 Å². The molecule has 3 aromatic rings. The van der Waals surface area contributed by atoms with Crippen molar-refractivity contribution in [2.24, 2.45) is 5.10 Å². The Balaban J connectivity index is 1.86. The molecule has 0 aliphatic rings. The summed E-state index contributed by atoms with van der Waals surface area (Å²) in [5, 5.41) is 8.86. The standard InChI is InChI=1S/C27H32N2OSi2/c1-22(2)27(30)29(24-13-9-7-10-14-24)28-21-23-17-19-26(20-18-23)32(5,6)31(3,4)25-15-11-8-12-16-25/h7-21H,1H2,2-6H3/b28-21-. The van der Waals surface area contributed by atoms with Crippen molar-refractivity contribution in [1.29, 1.82) is 0 Å². The average molecular weight is 457 g/mol. The van der Waals surface area contributed by atoms with Crippen LogP contribution in [0.4, 0.5) is 5.69 Å². The second kappa shape index (κ2) is 9.63. The topological polar surface area (TPSA) is 32.7 Å². The second-order valence-corrected chi connectivity index (χ2v) is 24.4.